The van der Waals surface area contributed by atoms with Gasteiger partial charge in [0.1, 0.15) is 5.75 Å². The van der Waals surface area contributed by atoms with E-state index in [1.165, 1.54) is 11.8 Å². The van der Waals surface area contributed by atoms with Crippen LogP contribution in [-0.4, -0.2) is 18.0 Å². The second kappa shape index (κ2) is 7.01. The summed E-state index contributed by atoms with van der Waals surface area (Å²) in [6.45, 7) is 1.58. The van der Waals surface area contributed by atoms with Crippen LogP contribution < -0.4 is 10.5 Å². The molecule has 0 atom stereocenters. The summed E-state index contributed by atoms with van der Waals surface area (Å²) in [4.78, 5) is 10.7. The summed E-state index contributed by atoms with van der Waals surface area (Å²) < 4.78 is 5.07. The summed E-state index contributed by atoms with van der Waals surface area (Å²) in [5, 5.41) is 0.155. The van der Waals surface area contributed by atoms with Crippen molar-refractivity contribution in [1.29, 1.82) is 0 Å². The Labute approximate surface area is 106 Å². The number of anilines is 1. The van der Waals surface area contributed by atoms with Crippen LogP contribution in [-0.2, 0) is 4.79 Å². The molecule has 0 radical (unpaired) electrons. The van der Waals surface area contributed by atoms with Gasteiger partial charge in [0.05, 0.1) is 7.11 Å². The van der Waals surface area contributed by atoms with Gasteiger partial charge in [-0.1, -0.05) is 23.9 Å². The van der Waals surface area contributed by atoms with Gasteiger partial charge in [-0.05, 0) is 24.1 Å². The lowest BCUT2D eigenvalue weighted by atomic mass is 10.1. The molecule has 2 N–H and O–H groups in total. The Kier molecular flexibility index (Phi) is 5.63. The fourth-order valence-electron chi connectivity index (χ4n) is 1.31. The molecule has 3 nitrogen and oxygen atoms in total. The van der Waals surface area contributed by atoms with E-state index in [9.17, 15) is 4.79 Å². The van der Waals surface area contributed by atoms with E-state index < -0.39 is 0 Å². The quantitative estimate of drug-likeness (QED) is 0.645. The highest BCUT2D eigenvalue weighted by Crippen LogP contribution is 2.20. The van der Waals surface area contributed by atoms with Crippen LogP contribution in [0.25, 0.3) is 6.08 Å². The van der Waals surface area contributed by atoms with Crippen LogP contribution in [0.3, 0.4) is 0 Å². The molecule has 0 aromatic heterocycles. The maximum atomic E-state index is 10.7. The number of rotatable bonds is 5. The number of hydrogen-bond donors (Lipinski definition) is 1. The molecule has 1 aromatic rings. The first-order valence-electron chi connectivity index (χ1n) is 5.37. The highest BCUT2D eigenvalue weighted by atomic mass is 32.2. The molecule has 0 bridgehead atoms. The first-order chi connectivity index (χ1) is 8.13. The molecule has 0 aliphatic rings. The molecular formula is C13H17NO2S. The van der Waals surface area contributed by atoms with Gasteiger partial charge in [-0.15, -0.1) is 0 Å². The van der Waals surface area contributed by atoms with Crippen molar-refractivity contribution in [3.63, 3.8) is 0 Å². The molecule has 0 aliphatic carbocycles. The maximum Gasteiger partial charge on any atom is 0.185 e. The topological polar surface area (TPSA) is 52.3 Å². The predicted molar refractivity (Wildman–Crippen MR) is 74.2 cm³/mol. The molecule has 0 spiro atoms. The summed E-state index contributed by atoms with van der Waals surface area (Å²) in [5.41, 5.74) is 7.53. The van der Waals surface area contributed by atoms with Crippen molar-refractivity contribution in [2.75, 3.05) is 18.6 Å². The van der Waals surface area contributed by atoms with Gasteiger partial charge in [-0.3, -0.25) is 4.79 Å². The molecule has 0 unspecified atom stereocenters. The summed E-state index contributed by atoms with van der Waals surface area (Å²) in [5.74, 6) is 1.56. The van der Waals surface area contributed by atoms with Gasteiger partial charge in [0.25, 0.3) is 0 Å². The number of benzene rings is 1. The number of thioether (sulfide) groups is 1. The SMILES string of the molecule is COc1ccc(C=CCCSC(C)=O)c(N)c1. The average molecular weight is 251 g/mol. The largest absolute Gasteiger partial charge is 0.497 e. The molecule has 0 heterocycles. The molecule has 0 fully saturated rings. The third-order valence-electron chi connectivity index (χ3n) is 2.18. The number of methoxy groups -OCH3 is 1. The lowest BCUT2D eigenvalue weighted by molar-refractivity contribution is -0.109. The number of nitrogens with two attached hydrogens (primary N) is 1. The average Bonchev–Trinajstić information content (AvgIpc) is 2.30. The van der Waals surface area contributed by atoms with Crippen molar-refractivity contribution in [2.24, 2.45) is 0 Å². The molecular weight excluding hydrogens is 234 g/mol. The van der Waals surface area contributed by atoms with Crippen molar-refractivity contribution in [2.45, 2.75) is 13.3 Å². The fraction of sp³-hybridized carbons (Fsp3) is 0.308. The number of hydrogen-bond acceptors (Lipinski definition) is 4. The zero-order valence-electron chi connectivity index (χ0n) is 10.1. The third-order valence-corrected chi connectivity index (χ3v) is 3.03. The Morgan fingerprint density at radius 2 is 2.29 bits per heavy atom. The molecule has 1 rings (SSSR count). The summed E-state index contributed by atoms with van der Waals surface area (Å²) in [7, 11) is 1.61. The normalized spacial score (nSPS) is 10.7. The molecule has 4 heteroatoms. The molecule has 0 amide bonds. The minimum atomic E-state index is 0.155. The highest BCUT2D eigenvalue weighted by Gasteiger charge is 1.97. The molecule has 0 saturated heterocycles. The summed E-state index contributed by atoms with van der Waals surface area (Å²) in [6.07, 6.45) is 4.85. The van der Waals surface area contributed by atoms with E-state index in [1.807, 2.05) is 24.3 Å². The third kappa shape index (κ3) is 4.95. The van der Waals surface area contributed by atoms with Crippen LogP contribution in [0.15, 0.2) is 24.3 Å². The van der Waals surface area contributed by atoms with Gasteiger partial charge in [0.15, 0.2) is 5.12 Å². The van der Waals surface area contributed by atoms with E-state index in [1.54, 1.807) is 20.1 Å². The first-order valence-corrected chi connectivity index (χ1v) is 6.35. The number of nitrogen functional groups attached to an aromatic ring is 1. The maximum absolute atomic E-state index is 10.7. The Bertz CT molecular complexity index is 416. The van der Waals surface area contributed by atoms with Crippen LogP contribution in [0.4, 0.5) is 5.69 Å². The minimum Gasteiger partial charge on any atom is -0.497 e. The Morgan fingerprint density at radius 1 is 1.53 bits per heavy atom. The molecule has 0 saturated carbocycles. The van der Waals surface area contributed by atoms with Crippen molar-refractivity contribution in [1.82, 2.24) is 0 Å². The molecule has 92 valence electrons. The van der Waals surface area contributed by atoms with Gasteiger partial charge in [-0.25, -0.2) is 0 Å². The monoisotopic (exact) mass is 251 g/mol. The van der Waals surface area contributed by atoms with Crippen LogP contribution in [0, 0.1) is 0 Å². The van der Waals surface area contributed by atoms with Gasteiger partial charge in [-0.2, -0.15) is 0 Å². The molecule has 0 aliphatic heterocycles. The van der Waals surface area contributed by atoms with Gasteiger partial charge < -0.3 is 10.5 Å². The number of ether oxygens (including phenoxy) is 1. The van der Waals surface area contributed by atoms with Crippen LogP contribution in [0.1, 0.15) is 18.9 Å². The Morgan fingerprint density at radius 3 is 2.88 bits per heavy atom. The first kappa shape index (κ1) is 13.6. The van der Waals surface area contributed by atoms with E-state index >= 15 is 0 Å². The van der Waals surface area contributed by atoms with E-state index in [2.05, 4.69) is 0 Å². The van der Waals surface area contributed by atoms with Crippen molar-refractivity contribution in [3.05, 3.63) is 29.8 Å². The highest BCUT2D eigenvalue weighted by molar-refractivity contribution is 8.13. The Hall–Kier alpha value is -1.42. The van der Waals surface area contributed by atoms with Gasteiger partial charge in [0, 0.05) is 24.4 Å². The van der Waals surface area contributed by atoms with E-state index in [0.717, 1.165) is 23.5 Å². The van der Waals surface area contributed by atoms with E-state index in [4.69, 9.17) is 10.5 Å². The van der Waals surface area contributed by atoms with Crippen molar-refractivity contribution < 1.29 is 9.53 Å². The molecule has 17 heavy (non-hydrogen) atoms. The Balaban J connectivity index is 2.50. The molecule has 1 aromatic carbocycles. The van der Waals surface area contributed by atoms with Crippen molar-refractivity contribution in [3.8, 4) is 5.75 Å². The minimum absolute atomic E-state index is 0.155. The lowest BCUT2D eigenvalue weighted by Crippen LogP contribution is -1.91. The van der Waals surface area contributed by atoms with Crippen LogP contribution in [0.2, 0.25) is 0 Å². The van der Waals surface area contributed by atoms with Crippen LogP contribution >= 0.6 is 11.8 Å². The van der Waals surface area contributed by atoms with Crippen LogP contribution in [0.5, 0.6) is 5.75 Å². The number of allylic oxidation sites excluding steroid dienone is 1. The second-order valence-corrected chi connectivity index (χ2v) is 4.80. The second-order valence-electron chi connectivity index (χ2n) is 3.53. The van der Waals surface area contributed by atoms with E-state index in [-0.39, 0.29) is 5.12 Å². The number of carbonyl (C=O) groups is 1. The van der Waals surface area contributed by atoms with Gasteiger partial charge >= 0.3 is 0 Å². The summed E-state index contributed by atoms with van der Waals surface area (Å²) >= 11 is 1.34. The summed E-state index contributed by atoms with van der Waals surface area (Å²) in [6, 6.07) is 5.59. The van der Waals surface area contributed by atoms with Crippen molar-refractivity contribution >= 4 is 28.6 Å². The zero-order chi connectivity index (χ0) is 12.7. The standard InChI is InChI=1S/C13H17NO2S/c1-10(15)17-8-4-3-5-11-6-7-12(16-2)9-13(11)14/h3,5-7,9H,4,8,14H2,1-2H3. The van der Waals surface area contributed by atoms with E-state index in [0.29, 0.717) is 5.69 Å². The van der Waals surface area contributed by atoms with Gasteiger partial charge in [0.2, 0.25) is 0 Å². The zero-order valence-corrected chi connectivity index (χ0v) is 10.9. The lowest BCUT2D eigenvalue weighted by Gasteiger charge is -2.03. The number of carbonyl (C=O) groups excluding carboxylic acids is 1. The fourth-order valence-corrected chi connectivity index (χ4v) is 1.85. The predicted octanol–water partition coefficient (Wildman–Crippen LogP) is 2.96. The smallest absolute Gasteiger partial charge is 0.185 e.